The van der Waals surface area contributed by atoms with E-state index >= 15 is 0 Å². The van der Waals surface area contributed by atoms with Crippen LogP contribution in [0.1, 0.15) is 72.1 Å². The Hall–Kier alpha value is -1.75. The number of hydrogen-bond acceptors (Lipinski definition) is 8. The van der Waals surface area contributed by atoms with Crippen LogP contribution in [0.5, 0.6) is 0 Å². The van der Waals surface area contributed by atoms with Crippen molar-refractivity contribution in [3.05, 3.63) is 0 Å². The zero-order chi connectivity index (χ0) is 23.8. The number of carbonyl (C=O) groups is 3. The second-order valence-electron chi connectivity index (χ2n) is 10.1. The molecule has 1 aliphatic carbocycles. The monoisotopic (exact) mass is 469 g/mol. The molecule has 1 amide bonds. The average molecular weight is 470 g/mol. The van der Waals surface area contributed by atoms with Gasteiger partial charge in [0.2, 0.25) is 18.0 Å². The SMILES string of the molecule is C[C@H]1[C@H](OC(=O)CCC(=O)NCCCC(=O)O)O[C@H]2O[C@]3(C)CC[C@H]4[C@H](C)CC[C@H]1[C@@]24OO3. The van der Waals surface area contributed by atoms with E-state index in [9.17, 15) is 14.4 Å². The van der Waals surface area contributed by atoms with Crippen molar-refractivity contribution in [2.24, 2.45) is 23.7 Å². The zero-order valence-electron chi connectivity index (χ0n) is 19.5. The lowest BCUT2D eigenvalue weighted by Crippen LogP contribution is -2.70. The van der Waals surface area contributed by atoms with E-state index in [0.29, 0.717) is 18.8 Å². The lowest BCUT2D eigenvalue weighted by Gasteiger charge is -2.59. The highest BCUT2D eigenvalue weighted by molar-refractivity contribution is 5.81. The van der Waals surface area contributed by atoms with Gasteiger partial charge in [0.05, 0.1) is 6.42 Å². The van der Waals surface area contributed by atoms with Gasteiger partial charge < -0.3 is 24.6 Å². The normalized spacial score (nSPS) is 41.5. The van der Waals surface area contributed by atoms with Crippen LogP contribution < -0.4 is 5.32 Å². The number of amides is 1. The first-order chi connectivity index (χ1) is 15.6. The van der Waals surface area contributed by atoms with Gasteiger partial charge in [-0.2, -0.15) is 0 Å². The molecule has 0 aromatic rings. The molecule has 33 heavy (non-hydrogen) atoms. The van der Waals surface area contributed by atoms with Crippen LogP contribution in [0.2, 0.25) is 0 Å². The zero-order valence-corrected chi connectivity index (χ0v) is 19.5. The maximum absolute atomic E-state index is 12.5. The Morgan fingerprint density at radius 2 is 1.85 bits per heavy atom. The first-order valence-electron chi connectivity index (χ1n) is 12.0. The van der Waals surface area contributed by atoms with Crippen LogP contribution in [0, 0.1) is 23.7 Å². The number of ether oxygens (including phenoxy) is 3. The van der Waals surface area contributed by atoms with Crippen molar-refractivity contribution < 1.29 is 43.5 Å². The molecule has 0 radical (unpaired) electrons. The molecule has 4 heterocycles. The average Bonchev–Trinajstić information content (AvgIpc) is 2.99. The molecule has 8 atom stereocenters. The summed E-state index contributed by atoms with van der Waals surface area (Å²) in [6.07, 6.45) is 2.30. The summed E-state index contributed by atoms with van der Waals surface area (Å²) >= 11 is 0. The van der Waals surface area contributed by atoms with Crippen LogP contribution in [-0.4, -0.2) is 53.5 Å². The van der Waals surface area contributed by atoms with E-state index in [-0.39, 0.29) is 49.5 Å². The molecule has 5 aliphatic rings. The van der Waals surface area contributed by atoms with E-state index in [1.54, 1.807) is 0 Å². The number of carbonyl (C=O) groups excluding carboxylic acids is 2. The summed E-state index contributed by atoms with van der Waals surface area (Å²) in [7, 11) is 0. The topological polar surface area (TPSA) is 130 Å². The number of hydrogen-bond donors (Lipinski definition) is 2. The molecule has 0 aromatic heterocycles. The van der Waals surface area contributed by atoms with Gasteiger partial charge in [-0.15, -0.1) is 0 Å². The van der Waals surface area contributed by atoms with Crippen molar-refractivity contribution in [2.45, 2.75) is 96.1 Å². The molecule has 186 valence electrons. The predicted molar refractivity (Wildman–Crippen MR) is 112 cm³/mol. The molecule has 0 aromatic carbocycles. The van der Waals surface area contributed by atoms with Gasteiger partial charge in [0.1, 0.15) is 0 Å². The molecule has 10 nitrogen and oxygen atoms in total. The third-order valence-corrected chi connectivity index (χ3v) is 7.79. The van der Waals surface area contributed by atoms with Crippen molar-refractivity contribution in [3.63, 3.8) is 0 Å². The molecule has 5 fully saturated rings. The van der Waals surface area contributed by atoms with Gasteiger partial charge in [0, 0.05) is 37.6 Å². The second kappa shape index (κ2) is 9.48. The Morgan fingerprint density at radius 3 is 2.61 bits per heavy atom. The summed E-state index contributed by atoms with van der Waals surface area (Å²) in [6, 6.07) is 0. The minimum Gasteiger partial charge on any atom is -0.481 e. The van der Waals surface area contributed by atoms with E-state index in [1.807, 2.05) is 13.8 Å². The molecule has 1 saturated carbocycles. The fourth-order valence-corrected chi connectivity index (χ4v) is 5.97. The molecule has 2 N–H and O–H groups in total. The highest BCUT2D eigenvalue weighted by Crippen LogP contribution is 2.60. The smallest absolute Gasteiger partial charge is 0.308 e. The summed E-state index contributed by atoms with van der Waals surface area (Å²) in [5.74, 6) is -2.05. The lowest BCUT2D eigenvalue weighted by molar-refractivity contribution is -0.576. The lowest BCUT2D eigenvalue weighted by atomic mass is 9.58. The summed E-state index contributed by atoms with van der Waals surface area (Å²) in [4.78, 5) is 46.8. The summed E-state index contributed by atoms with van der Waals surface area (Å²) in [6.45, 7) is 6.33. The second-order valence-corrected chi connectivity index (χ2v) is 10.1. The van der Waals surface area contributed by atoms with E-state index in [0.717, 1.165) is 19.3 Å². The Bertz CT molecular complexity index is 775. The highest BCUT2D eigenvalue weighted by atomic mass is 17.3. The first kappa shape index (κ1) is 24.4. The summed E-state index contributed by atoms with van der Waals surface area (Å²) < 4.78 is 18.1. The Kier molecular flexibility index (Phi) is 7.00. The fraction of sp³-hybridized carbons (Fsp3) is 0.870. The van der Waals surface area contributed by atoms with E-state index in [4.69, 9.17) is 29.1 Å². The number of aliphatic carboxylic acids is 1. The molecular formula is C23H35NO9. The van der Waals surface area contributed by atoms with Crippen molar-refractivity contribution in [3.8, 4) is 0 Å². The number of fused-ring (bicyclic) bond motifs is 2. The van der Waals surface area contributed by atoms with Crippen molar-refractivity contribution in [1.29, 1.82) is 0 Å². The maximum atomic E-state index is 12.5. The number of nitrogens with one attached hydrogen (secondary N) is 1. The van der Waals surface area contributed by atoms with Gasteiger partial charge in [0.25, 0.3) is 0 Å². The minimum absolute atomic E-state index is 0.0153. The highest BCUT2D eigenvalue weighted by Gasteiger charge is 2.69. The van der Waals surface area contributed by atoms with Crippen LogP contribution >= 0.6 is 0 Å². The largest absolute Gasteiger partial charge is 0.481 e. The van der Waals surface area contributed by atoms with Crippen LogP contribution in [0.15, 0.2) is 0 Å². The molecule has 1 spiro atoms. The quantitative estimate of drug-likeness (QED) is 0.313. The molecule has 4 saturated heterocycles. The molecule has 5 rings (SSSR count). The summed E-state index contributed by atoms with van der Waals surface area (Å²) in [5, 5.41) is 11.2. The fourth-order valence-electron chi connectivity index (χ4n) is 5.97. The van der Waals surface area contributed by atoms with Gasteiger partial charge in [0.15, 0.2) is 11.9 Å². The molecule has 0 unspecified atom stereocenters. The Balaban J connectivity index is 1.35. The van der Waals surface area contributed by atoms with Gasteiger partial charge in [-0.05, 0) is 44.4 Å². The number of carboxylic acids is 1. The number of rotatable bonds is 8. The Morgan fingerprint density at radius 1 is 1.06 bits per heavy atom. The van der Waals surface area contributed by atoms with Gasteiger partial charge in [-0.25, -0.2) is 9.78 Å². The first-order valence-corrected chi connectivity index (χ1v) is 12.0. The van der Waals surface area contributed by atoms with Crippen molar-refractivity contribution in [2.75, 3.05) is 6.54 Å². The van der Waals surface area contributed by atoms with Gasteiger partial charge >= 0.3 is 11.9 Å². The van der Waals surface area contributed by atoms with Gasteiger partial charge in [-0.1, -0.05) is 13.8 Å². The third kappa shape index (κ3) is 4.76. The standard InChI is InChI=1S/C23H35NO9/c1-13-6-7-16-14(2)20(29-19(28)9-8-17(25)24-12-4-5-18(26)27)30-21-23(16)15(13)10-11-22(3,31-21)32-33-23/h13-16,20-21H,4-12H2,1-3H3,(H,24,25)(H,26,27)/t13-,14-,15+,16-,20-,21+,22+,23-/m1/s1. The van der Waals surface area contributed by atoms with Crippen molar-refractivity contribution in [1.82, 2.24) is 5.32 Å². The Labute approximate surface area is 193 Å². The van der Waals surface area contributed by atoms with Gasteiger partial charge in [-0.3, -0.25) is 14.4 Å². The maximum Gasteiger partial charge on any atom is 0.308 e. The summed E-state index contributed by atoms with van der Waals surface area (Å²) in [5.41, 5.74) is -0.716. The number of esters is 1. The predicted octanol–water partition coefficient (Wildman–Crippen LogP) is 2.50. The van der Waals surface area contributed by atoms with E-state index < -0.39 is 35.9 Å². The molecule has 4 aliphatic heterocycles. The minimum atomic E-state index is -0.910. The third-order valence-electron chi connectivity index (χ3n) is 7.79. The molecule has 10 heteroatoms. The van der Waals surface area contributed by atoms with Crippen molar-refractivity contribution >= 4 is 17.8 Å². The van der Waals surface area contributed by atoms with Crippen LogP contribution in [-0.2, 0) is 38.4 Å². The van der Waals surface area contributed by atoms with Crippen LogP contribution in [0.25, 0.3) is 0 Å². The van der Waals surface area contributed by atoms with E-state index in [2.05, 4.69) is 12.2 Å². The van der Waals surface area contributed by atoms with Crippen LogP contribution in [0.3, 0.4) is 0 Å². The van der Waals surface area contributed by atoms with Crippen LogP contribution in [0.4, 0.5) is 0 Å². The molecule has 2 bridgehead atoms. The molecular weight excluding hydrogens is 434 g/mol. The number of carboxylic acid groups (broad SMARTS) is 1. The van der Waals surface area contributed by atoms with E-state index in [1.165, 1.54) is 0 Å².